The van der Waals surface area contributed by atoms with Gasteiger partial charge >= 0.3 is 0 Å². The van der Waals surface area contributed by atoms with Crippen molar-refractivity contribution in [3.05, 3.63) is 29.6 Å². The largest absolute Gasteiger partial charge is 0.491 e. The summed E-state index contributed by atoms with van der Waals surface area (Å²) in [7, 11) is 0. The highest BCUT2D eigenvalue weighted by atomic mass is 19.1. The molecule has 96 valence electrons. The number of aliphatic hydroxyl groups is 1. The molecular formula is C13H20FNO2. The fraction of sp³-hybridized carbons (Fsp3) is 0.538. The van der Waals surface area contributed by atoms with Crippen molar-refractivity contribution in [3.8, 4) is 5.75 Å². The van der Waals surface area contributed by atoms with Crippen molar-refractivity contribution in [1.29, 1.82) is 0 Å². The lowest BCUT2D eigenvalue weighted by Gasteiger charge is -2.12. The molecule has 1 aromatic carbocycles. The van der Waals surface area contributed by atoms with Crippen molar-refractivity contribution >= 4 is 0 Å². The SMILES string of the molecule is CC(C)CNCc1cc(F)ccc1OCCO. The molecule has 0 radical (unpaired) electrons. The first kappa shape index (κ1) is 13.9. The Hall–Kier alpha value is -1.13. The fourth-order valence-corrected chi connectivity index (χ4v) is 1.48. The lowest BCUT2D eigenvalue weighted by atomic mass is 10.1. The molecule has 17 heavy (non-hydrogen) atoms. The van der Waals surface area contributed by atoms with Gasteiger partial charge < -0.3 is 15.2 Å². The molecule has 0 saturated heterocycles. The van der Waals surface area contributed by atoms with E-state index in [1.807, 2.05) is 0 Å². The molecule has 0 aliphatic heterocycles. The van der Waals surface area contributed by atoms with Gasteiger partial charge in [0.2, 0.25) is 0 Å². The molecule has 1 aromatic rings. The Bertz CT molecular complexity index is 342. The summed E-state index contributed by atoms with van der Waals surface area (Å²) in [5, 5.41) is 11.9. The van der Waals surface area contributed by atoms with E-state index in [9.17, 15) is 4.39 Å². The third kappa shape index (κ3) is 5.15. The van der Waals surface area contributed by atoms with Crippen LogP contribution >= 0.6 is 0 Å². The van der Waals surface area contributed by atoms with Crippen LogP contribution in [0.5, 0.6) is 5.75 Å². The molecule has 0 aromatic heterocycles. The Balaban J connectivity index is 2.62. The Morgan fingerprint density at radius 2 is 2.18 bits per heavy atom. The van der Waals surface area contributed by atoms with Crippen LogP contribution in [-0.2, 0) is 6.54 Å². The molecule has 0 bridgehead atoms. The minimum Gasteiger partial charge on any atom is -0.491 e. The Morgan fingerprint density at radius 1 is 1.41 bits per heavy atom. The molecule has 0 amide bonds. The van der Waals surface area contributed by atoms with Gasteiger partial charge in [0, 0.05) is 12.1 Å². The zero-order valence-corrected chi connectivity index (χ0v) is 10.4. The van der Waals surface area contributed by atoms with Gasteiger partial charge in [-0.2, -0.15) is 0 Å². The smallest absolute Gasteiger partial charge is 0.124 e. The van der Waals surface area contributed by atoms with E-state index in [4.69, 9.17) is 9.84 Å². The maximum absolute atomic E-state index is 13.1. The zero-order valence-electron chi connectivity index (χ0n) is 10.4. The average Bonchev–Trinajstić information content (AvgIpc) is 2.27. The lowest BCUT2D eigenvalue weighted by molar-refractivity contribution is 0.200. The van der Waals surface area contributed by atoms with Crippen molar-refractivity contribution < 1.29 is 14.2 Å². The summed E-state index contributed by atoms with van der Waals surface area (Å²) in [5.74, 6) is 0.893. The predicted octanol–water partition coefficient (Wildman–Crippen LogP) is 1.94. The van der Waals surface area contributed by atoms with Gasteiger partial charge in [-0.15, -0.1) is 0 Å². The molecular weight excluding hydrogens is 221 g/mol. The van der Waals surface area contributed by atoms with Crippen LogP contribution in [0.1, 0.15) is 19.4 Å². The molecule has 4 heteroatoms. The first-order valence-corrected chi connectivity index (χ1v) is 5.86. The van der Waals surface area contributed by atoms with Crippen LogP contribution in [0.3, 0.4) is 0 Å². The molecule has 0 unspecified atom stereocenters. The molecule has 0 saturated carbocycles. The summed E-state index contributed by atoms with van der Waals surface area (Å²) in [4.78, 5) is 0. The van der Waals surface area contributed by atoms with Crippen molar-refractivity contribution in [2.45, 2.75) is 20.4 Å². The lowest BCUT2D eigenvalue weighted by Crippen LogP contribution is -2.19. The van der Waals surface area contributed by atoms with E-state index >= 15 is 0 Å². The number of aliphatic hydroxyl groups excluding tert-OH is 1. The number of benzene rings is 1. The Morgan fingerprint density at radius 3 is 2.82 bits per heavy atom. The number of rotatable bonds is 7. The van der Waals surface area contributed by atoms with Gasteiger partial charge in [0.05, 0.1) is 6.61 Å². The topological polar surface area (TPSA) is 41.5 Å². The molecule has 0 aliphatic carbocycles. The van der Waals surface area contributed by atoms with E-state index in [1.165, 1.54) is 12.1 Å². The Kier molecular flexibility index (Phi) is 5.94. The second-order valence-corrected chi connectivity index (χ2v) is 4.35. The summed E-state index contributed by atoms with van der Waals surface area (Å²) in [6.45, 7) is 5.84. The number of halogens is 1. The summed E-state index contributed by atoms with van der Waals surface area (Å²) in [6, 6.07) is 4.41. The van der Waals surface area contributed by atoms with Crippen molar-refractivity contribution in [2.75, 3.05) is 19.8 Å². The molecule has 0 atom stereocenters. The molecule has 0 heterocycles. The minimum absolute atomic E-state index is 0.0454. The minimum atomic E-state index is -0.275. The third-order valence-corrected chi connectivity index (χ3v) is 2.24. The van der Waals surface area contributed by atoms with E-state index < -0.39 is 0 Å². The van der Waals surface area contributed by atoms with Crippen LogP contribution in [0.4, 0.5) is 4.39 Å². The average molecular weight is 241 g/mol. The molecule has 3 nitrogen and oxygen atoms in total. The van der Waals surface area contributed by atoms with Gasteiger partial charge in [-0.25, -0.2) is 4.39 Å². The van der Waals surface area contributed by atoms with E-state index in [2.05, 4.69) is 19.2 Å². The van der Waals surface area contributed by atoms with Crippen molar-refractivity contribution in [2.24, 2.45) is 5.92 Å². The van der Waals surface area contributed by atoms with Gasteiger partial charge in [0.15, 0.2) is 0 Å². The van der Waals surface area contributed by atoms with Crippen LogP contribution in [0.15, 0.2) is 18.2 Å². The zero-order chi connectivity index (χ0) is 12.7. The number of hydrogen-bond acceptors (Lipinski definition) is 3. The van der Waals surface area contributed by atoms with Gasteiger partial charge in [0.25, 0.3) is 0 Å². The number of hydrogen-bond donors (Lipinski definition) is 2. The Labute approximate surface area is 102 Å². The number of nitrogens with one attached hydrogen (secondary N) is 1. The van der Waals surface area contributed by atoms with E-state index in [1.54, 1.807) is 6.07 Å². The molecule has 0 fully saturated rings. The normalized spacial score (nSPS) is 10.9. The van der Waals surface area contributed by atoms with E-state index in [0.29, 0.717) is 18.2 Å². The van der Waals surface area contributed by atoms with Crippen molar-refractivity contribution in [1.82, 2.24) is 5.32 Å². The summed E-state index contributed by atoms with van der Waals surface area (Å²) in [6.07, 6.45) is 0. The third-order valence-electron chi connectivity index (χ3n) is 2.24. The standard InChI is InChI=1S/C13H20FNO2/c1-10(2)8-15-9-11-7-12(14)3-4-13(11)17-6-5-16/h3-4,7,10,15-16H,5-6,8-9H2,1-2H3. The van der Waals surface area contributed by atoms with Crippen LogP contribution in [0.25, 0.3) is 0 Å². The molecule has 0 aliphatic rings. The van der Waals surface area contributed by atoms with Crippen LogP contribution in [0.2, 0.25) is 0 Å². The highest BCUT2D eigenvalue weighted by Crippen LogP contribution is 2.19. The van der Waals surface area contributed by atoms with Crippen LogP contribution in [0, 0.1) is 11.7 Å². The summed E-state index contributed by atoms with van der Waals surface area (Å²) < 4.78 is 18.5. The predicted molar refractivity (Wildman–Crippen MR) is 65.5 cm³/mol. The summed E-state index contributed by atoms with van der Waals surface area (Å²) in [5.41, 5.74) is 0.777. The van der Waals surface area contributed by atoms with Gasteiger partial charge in [-0.3, -0.25) is 0 Å². The monoisotopic (exact) mass is 241 g/mol. The first-order valence-electron chi connectivity index (χ1n) is 5.86. The maximum Gasteiger partial charge on any atom is 0.124 e. The van der Waals surface area contributed by atoms with E-state index in [-0.39, 0.29) is 19.0 Å². The second kappa shape index (κ2) is 7.25. The highest BCUT2D eigenvalue weighted by Gasteiger charge is 2.05. The maximum atomic E-state index is 13.1. The van der Waals surface area contributed by atoms with Crippen LogP contribution < -0.4 is 10.1 Å². The molecule has 2 N–H and O–H groups in total. The van der Waals surface area contributed by atoms with E-state index in [0.717, 1.165) is 12.1 Å². The molecule has 1 rings (SSSR count). The highest BCUT2D eigenvalue weighted by molar-refractivity contribution is 5.33. The second-order valence-electron chi connectivity index (χ2n) is 4.35. The fourth-order valence-electron chi connectivity index (χ4n) is 1.48. The first-order chi connectivity index (χ1) is 8.13. The van der Waals surface area contributed by atoms with Crippen LogP contribution in [-0.4, -0.2) is 24.9 Å². The van der Waals surface area contributed by atoms with Crippen molar-refractivity contribution in [3.63, 3.8) is 0 Å². The van der Waals surface area contributed by atoms with Gasteiger partial charge in [-0.05, 0) is 30.7 Å². The molecule has 0 spiro atoms. The number of ether oxygens (including phenoxy) is 1. The van der Waals surface area contributed by atoms with Gasteiger partial charge in [0.1, 0.15) is 18.2 Å². The quantitative estimate of drug-likeness (QED) is 0.766. The summed E-state index contributed by atoms with van der Waals surface area (Å²) >= 11 is 0. The van der Waals surface area contributed by atoms with Gasteiger partial charge in [-0.1, -0.05) is 13.8 Å².